The largest absolute Gasteiger partial charge is 0.493 e. The number of rotatable bonds is 9. The van der Waals surface area contributed by atoms with Crippen LogP contribution in [0.4, 0.5) is 0 Å². The van der Waals surface area contributed by atoms with E-state index >= 15 is 0 Å². The zero-order valence-corrected chi connectivity index (χ0v) is 17.1. The van der Waals surface area contributed by atoms with Crippen LogP contribution in [0, 0.1) is 0 Å². The monoisotopic (exact) mass is 392 g/mol. The normalized spacial score (nSPS) is 24.7. The highest BCUT2D eigenvalue weighted by Gasteiger charge is 2.19. The molecule has 2 fully saturated rings. The Morgan fingerprint density at radius 2 is 1.86 bits per heavy atom. The molecule has 6 nitrogen and oxygen atoms in total. The van der Waals surface area contributed by atoms with E-state index in [1.165, 1.54) is 19.3 Å². The Morgan fingerprint density at radius 3 is 2.57 bits per heavy atom. The number of nitrogens with zero attached hydrogens (tertiary/aromatic N) is 1. The second-order valence-electron chi connectivity index (χ2n) is 8.20. The minimum absolute atomic E-state index is 0.129. The number of β-amino-alcohol motifs (C(OH)–C–C–N with tert-alkyl or cyclic N) is 1. The number of piperidine rings is 1. The van der Waals surface area contributed by atoms with E-state index in [-0.39, 0.29) is 12.7 Å². The molecule has 28 heavy (non-hydrogen) atoms. The van der Waals surface area contributed by atoms with E-state index in [9.17, 15) is 10.2 Å². The van der Waals surface area contributed by atoms with Gasteiger partial charge in [0.25, 0.3) is 0 Å². The summed E-state index contributed by atoms with van der Waals surface area (Å²) in [5.41, 5.74) is 1.13. The highest BCUT2D eigenvalue weighted by molar-refractivity contribution is 5.43. The summed E-state index contributed by atoms with van der Waals surface area (Å²) in [6.07, 6.45) is 6.89. The number of methoxy groups -OCH3 is 1. The lowest BCUT2D eigenvalue weighted by molar-refractivity contribution is 0.0608. The maximum atomic E-state index is 10.4. The minimum atomic E-state index is -0.502. The number of nitrogens with one attached hydrogen (secondary N) is 1. The number of likely N-dealkylation sites (tertiary alicyclic amines) is 1. The average Bonchev–Trinajstić information content (AvgIpc) is 2.72. The van der Waals surface area contributed by atoms with Crippen molar-refractivity contribution in [3.63, 3.8) is 0 Å². The molecule has 0 bridgehead atoms. The SMILES string of the molecule is COc1ccc(CNC2CCC(O)CC2)cc1OC[C@@H](O)CN1CCCCC1. The molecule has 3 rings (SSSR count). The predicted octanol–water partition coefficient (Wildman–Crippen LogP) is 2.31. The van der Waals surface area contributed by atoms with E-state index in [0.717, 1.165) is 50.9 Å². The number of hydrogen-bond donors (Lipinski definition) is 3. The van der Waals surface area contributed by atoms with Crippen LogP contribution in [0.5, 0.6) is 11.5 Å². The van der Waals surface area contributed by atoms with Crippen LogP contribution in [-0.2, 0) is 6.54 Å². The Bertz CT molecular complexity index is 584. The van der Waals surface area contributed by atoms with Crippen molar-refractivity contribution in [2.24, 2.45) is 0 Å². The van der Waals surface area contributed by atoms with Gasteiger partial charge in [-0.1, -0.05) is 12.5 Å². The summed E-state index contributed by atoms with van der Waals surface area (Å²) in [6, 6.07) is 6.42. The van der Waals surface area contributed by atoms with Gasteiger partial charge in [-0.3, -0.25) is 0 Å². The molecule has 3 N–H and O–H groups in total. The smallest absolute Gasteiger partial charge is 0.161 e. The number of ether oxygens (including phenoxy) is 2. The van der Waals surface area contributed by atoms with E-state index in [1.54, 1.807) is 7.11 Å². The highest BCUT2D eigenvalue weighted by Crippen LogP contribution is 2.28. The Kier molecular flexibility index (Phi) is 8.40. The van der Waals surface area contributed by atoms with Crippen LogP contribution < -0.4 is 14.8 Å². The lowest BCUT2D eigenvalue weighted by Crippen LogP contribution is -2.38. The van der Waals surface area contributed by atoms with Crippen molar-refractivity contribution in [3.8, 4) is 11.5 Å². The number of aliphatic hydroxyl groups excluding tert-OH is 2. The first kappa shape index (κ1) is 21.4. The van der Waals surface area contributed by atoms with Crippen molar-refractivity contribution in [1.29, 1.82) is 0 Å². The molecule has 1 aliphatic heterocycles. The molecule has 1 atom stereocenters. The molecule has 1 saturated heterocycles. The molecule has 0 spiro atoms. The molecule has 1 heterocycles. The van der Waals surface area contributed by atoms with Crippen LogP contribution in [0.3, 0.4) is 0 Å². The Hall–Kier alpha value is -1.34. The third-order valence-electron chi connectivity index (χ3n) is 5.87. The summed E-state index contributed by atoms with van der Waals surface area (Å²) >= 11 is 0. The summed E-state index contributed by atoms with van der Waals surface area (Å²) in [5.74, 6) is 1.37. The van der Waals surface area contributed by atoms with Crippen LogP contribution >= 0.6 is 0 Å². The first-order chi connectivity index (χ1) is 13.6. The molecular formula is C22H36N2O4. The fourth-order valence-corrected chi connectivity index (χ4v) is 4.16. The Balaban J connectivity index is 1.49. The minimum Gasteiger partial charge on any atom is -0.493 e. The summed E-state index contributed by atoms with van der Waals surface area (Å²) < 4.78 is 11.3. The molecule has 1 aromatic rings. The molecule has 1 saturated carbocycles. The van der Waals surface area contributed by atoms with E-state index in [0.29, 0.717) is 24.1 Å². The fraction of sp³-hybridized carbons (Fsp3) is 0.727. The molecule has 0 unspecified atom stereocenters. The molecule has 0 aromatic heterocycles. The summed E-state index contributed by atoms with van der Waals surface area (Å²) in [6.45, 7) is 3.83. The second kappa shape index (κ2) is 11.0. The quantitative estimate of drug-likeness (QED) is 0.599. The zero-order valence-electron chi connectivity index (χ0n) is 17.1. The molecule has 2 aliphatic rings. The van der Waals surface area contributed by atoms with Gasteiger partial charge in [0, 0.05) is 19.1 Å². The van der Waals surface area contributed by atoms with Crippen LogP contribution in [0.1, 0.15) is 50.5 Å². The Morgan fingerprint density at radius 1 is 1.11 bits per heavy atom. The fourth-order valence-electron chi connectivity index (χ4n) is 4.16. The third kappa shape index (κ3) is 6.62. The standard InChI is InChI=1S/C22H36N2O4/c1-27-21-10-5-17(14-23-18-6-8-19(25)9-7-18)13-22(21)28-16-20(26)15-24-11-3-2-4-12-24/h5,10,13,18-20,23,25-26H,2-4,6-9,11-12,14-16H2,1H3/t18?,19?,20-/m0/s1. The lowest BCUT2D eigenvalue weighted by atomic mass is 9.93. The van der Waals surface area contributed by atoms with Crippen LogP contribution in [0.15, 0.2) is 18.2 Å². The van der Waals surface area contributed by atoms with Gasteiger partial charge in [-0.15, -0.1) is 0 Å². The molecule has 158 valence electrons. The van der Waals surface area contributed by atoms with Crippen molar-refractivity contribution in [2.75, 3.05) is 33.4 Å². The summed E-state index contributed by atoms with van der Waals surface area (Å²) in [5, 5.41) is 23.6. The average molecular weight is 393 g/mol. The van der Waals surface area contributed by atoms with Gasteiger partial charge in [-0.2, -0.15) is 0 Å². The summed E-state index contributed by atoms with van der Waals surface area (Å²) in [4.78, 5) is 2.32. The molecule has 1 aromatic carbocycles. The lowest BCUT2D eigenvalue weighted by Gasteiger charge is -2.28. The molecule has 0 amide bonds. The van der Waals surface area contributed by atoms with Crippen molar-refractivity contribution in [3.05, 3.63) is 23.8 Å². The first-order valence-corrected chi connectivity index (χ1v) is 10.8. The number of hydrogen-bond acceptors (Lipinski definition) is 6. The second-order valence-corrected chi connectivity index (χ2v) is 8.20. The topological polar surface area (TPSA) is 74.2 Å². The number of aliphatic hydroxyl groups is 2. The molecule has 6 heteroatoms. The maximum absolute atomic E-state index is 10.4. The number of benzene rings is 1. The van der Waals surface area contributed by atoms with E-state index in [1.807, 2.05) is 18.2 Å². The van der Waals surface area contributed by atoms with Crippen LogP contribution in [-0.4, -0.2) is 66.7 Å². The predicted molar refractivity (Wildman–Crippen MR) is 110 cm³/mol. The van der Waals surface area contributed by atoms with Crippen molar-refractivity contribution in [2.45, 2.75) is 69.7 Å². The molecule has 1 aliphatic carbocycles. The van der Waals surface area contributed by atoms with Gasteiger partial charge in [-0.25, -0.2) is 0 Å². The van der Waals surface area contributed by atoms with Crippen molar-refractivity contribution in [1.82, 2.24) is 10.2 Å². The summed E-state index contributed by atoms with van der Waals surface area (Å²) in [7, 11) is 1.64. The van der Waals surface area contributed by atoms with Crippen LogP contribution in [0.25, 0.3) is 0 Å². The van der Waals surface area contributed by atoms with E-state index in [4.69, 9.17) is 9.47 Å². The van der Waals surface area contributed by atoms with E-state index < -0.39 is 6.10 Å². The van der Waals surface area contributed by atoms with Crippen LogP contribution in [0.2, 0.25) is 0 Å². The van der Waals surface area contributed by atoms with Gasteiger partial charge in [0.05, 0.1) is 13.2 Å². The van der Waals surface area contributed by atoms with Gasteiger partial charge >= 0.3 is 0 Å². The third-order valence-corrected chi connectivity index (χ3v) is 5.87. The van der Waals surface area contributed by atoms with Crippen molar-refractivity contribution >= 4 is 0 Å². The Labute approximate surface area is 168 Å². The van der Waals surface area contributed by atoms with Gasteiger partial charge in [0.2, 0.25) is 0 Å². The molecule has 0 radical (unpaired) electrons. The van der Waals surface area contributed by atoms with Gasteiger partial charge in [0.15, 0.2) is 11.5 Å². The maximum Gasteiger partial charge on any atom is 0.161 e. The first-order valence-electron chi connectivity index (χ1n) is 10.8. The highest BCUT2D eigenvalue weighted by atomic mass is 16.5. The molecular weight excluding hydrogens is 356 g/mol. The van der Waals surface area contributed by atoms with E-state index in [2.05, 4.69) is 10.2 Å². The van der Waals surface area contributed by atoms with Gasteiger partial charge < -0.3 is 29.9 Å². The van der Waals surface area contributed by atoms with Gasteiger partial charge in [-0.05, 0) is 69.3 Å². The zero-order chi connectivity index (χ0) is 19.8. The van der Waals surface area contributed by atoms with Gasteiger partial charge in [0.1, 0.15) is 12.7 Å². The van der Waals surface area contributed by atoms with Crippen molar-refractivity contribution < 1.29 is 19.7 Å².